The second-order valence-corrected chi connectivity index (χ2v) is 7.53. The maximum absolute atomic E-state index is 12.2. The highest BCUT2D eigenvalue weighted by molar-refractivity contribution is 6.35. The molecule has 0 aliphatic rings. The predicted octanol–water partition coefficient (Wildman–Crippen LogP) is 5.47. The maximum atomic E-state index is 12.2. The smallest absolute Gasteiger partial charge is 0.275 e. The van der Waals surface area contributed by atoms with E-state index in [-0.39, 0.29) is 11.3 Å². The third-order valence-corrected chi connectivity index (χ3v) is 5.28. The molecule has 0 atom stereocenters. The average molecular weight is 438 g/mol. The Kier molecular flexibility index (Phi) is 5.74. The van der Waals surface area contributed by atoms with Crippen molar-refractivity contribution < 1.29 is 9.90 Å². The monoisotopic (exact) mass is 437 g/mol. The Morgan fingerprint density at radius 1 is 1.07 bits per heavy atom. The lowest BCUT2D eigenvalue weighted by Gasteiger charge is -2.08. The van der Waals surface area contributed by atoms with Crippen molar-refractivity contribution in [2.75, 3.05) is 0 Å². The molecule has 4 rings (SSSR count). The molecule has 30 heavy (non-hydrogen) atoms. The lowest BCUT2D eigenvalue weighted by Crippen LogP contribution is -2.17. The fourth-order valence-corrected chi connectivity index (χ4v) is 3.70. The number of para-hydroxylation sites is 2. The number of aromatic nitrogens is 1. The molecule has 0 aliphatic carbocycles. The second kappa shape index (κ2) is 8.61. The quantitative estimate of drug-likeness (QED) is 0.321. The van der Waals surface area contributed by atoms with Crippen LogP contribution < -0.4 is 5.43 Å². The van der Waals surface area contributed by atoms with Crippen molar-refractivity contribution in [2.24, 2.45) is 5.10 Å². The molecule has 1 aromatic heterocycles. The van der Waals surface area contributed by atoms with Gasteiger partial charge >= 0.3 is 0 Å². The first kappa shape index (κ1) is 20.0. The summed E-state index contributed by atoms with van der Waals surface area (Å²) in [5, 5.41) is 16.0. The van der Waals surface area contributed by atoms with E-state index < -0.39 is 5.91 Å². The normalized spacial score (nSPS) is 11.3. The predicted molar refractivity (Wildman–Crippen MR) is 121 cm³/mol. The average Bonchev–Trinajstić information content (AvgIpc) is 3.08. The molecule has 0 unspecified atom stereocenters. The van der Waals surface area contributed by atoms with E-state index in [4.69, 9.17) is 23.2 Å². The molecule has 0 radical (unpaired) electrons. The van der Waals surface area contributed by atoms with Gasteiger partial charge in [0.2, 0.25) is 0 Å². The van der Waals surface area contributed by atoms with Gasteiger partial charge in [-0.1, -0.05) is 59.6 Å². The van der Waals surface area contributed by atoms with Crippen molar-refractivity contribution in [3.63, 3.8) is 0 Å². The van der Waals surface area contributed by atoms with Crippen LogP contribution >= 0.6 is 23.2 Å². The van der Waals surface area contributed by atoms with Crippen molar-refractivity contribution in [1.29, 1.82) is 0 Å². The van der Waals surface area contributed by atoms with E-state index in [1.54, 1.807) is 24.4 Å². The molecule has 7 heteroatoms. The number of fused-ring (bicyclic) bond motifs is 1. The van der Waals surface area contributed by atoms with Crippen LogP contribution in [0.1, 0.15) is 21.5 Å². The summed E-state index contributed by atoms with van der Waals surface area (Å²) in [5.41, 5.74) is 5.41. The molecule has 1 amide bonds. The summed E-state index contributed by atoms with van der Waals surface area (Å²) in [7, 11) is 0. The number of hydrazone groups is 1. The SMILES string of the molecule is O=C(NN=Cc1cn(Cc2ccc(Cl)cc2Cl)c2ccccc12)c1ccccc1O. The number of hydrogen-bond donors (Lipinski definition) is 2. The van der Waals surface area contributed by atoms with Crippen LogP contribution in [0.25, 0.3) is 10.9 Å². The number of halogens is 2. The number of carbonyl (C=O) groups excluding carboxylic acids is 1. The molecule has 1 heterocycles. The molecular formula is C23H17Cl2N3O2. The summed E-state index contributed by atoms with van der Waals surface area (Å²) in [5.74, 6) is -0.581. The number of nitrogens with one attached hydrogen (secondary N) is 1. The van der Waals surface area contributed by atoms with Crippen molar-refractivity contribution in [2.45, 2.75) is 6.54 Å². The van der Waals surface area contributed by atoms with E-state index in [1.165, 1.54) is 12.1 Å². The highest BCUT2D eigenvalue weighted by Crippen LogP contribution is 2.25. The van der Waals surface area contributed by atoms with Gasteiger partial charge in [0, 0.05) is 39.3 Å². The number of aromatic hydroxyl groups is 1. The largest absolute Gasteiger partial charge is 0.507 e. The number of phenols is 1. The zero-order valence-corrected chi connectivity index (χ0v) is 17.2. The standard InChI is InChI=1S/C23H17Cl2N3O2/c24-17-10-9-15(20(25)11-17)13-28-14-16(18-5-1-3-7-21(18)28)12-26-27-23(30)19-6-2-4-8-22(19)29/h1-12,14,29H,13H2,(H,27,30). The van der Waals surface area contributed by atoms with Crippen LogP contribution in [0.3, 0.4) is 0 Å². The van der Waals surface area contributed by atoms with Crippen LogP contribution in [-0.2, 0) is 6.54 Å². The summed E-state index contributed by atoms with van der Waals surface area (Å²) >= 11 is 12.3. The number of rotatable bonds is 5. The Balaban J connectivity index is 1.60. The third kappa shape index (κ3) is 4.17. The van der Waals surface area contributed by atoms with E-state index in [0.29, 0.717) is 16.6 Å². The maximum Gasteiger partial charge on any atom is 0.275 e. The van der Waals surface area contributed by atoms with Gasteiger partial charge in [-0.05, 0) is 35.9 Å². The molecule has 3 aromatic carbocycles. The molecule has 0 saturated carbocycles. The van der Waals surface area contributed by atoms with Gasteiger partial charge in [0.15, 0.2) is 0 Å². The molecule has 2 N–H and O–H groups in total. The van der Waals surface area contributed by atoms with Gasteiger partial charge in [-0.15, -0.1) is 0 Å². The Bertz CT molecular complexity index is 1260. The Morgan fingerprint density at radius 3 is 2.63 bits per heavy atom. The molecule has 150 valence electrons. The Hall–Kier alpha value is -3.28. The Morgan fingerprint density at radius 2 is 1.83 bits per heavy atom. The van der Waals surface area contributed by atoms with Gasteiger partial charge in [-0.3, -0.25) is 4.79 Å². The van der Waals surface area contributed by atoms with Crippen molar-refractivity contribution in [3.8, 4) is 5.75 Å². The van der Waals surface area contributed by atoms with E-state index in [1.807, 2.05) is 42.6 Å². The second-order valence-electron chi connectivity index (χ2n) is 6.68. The zero-order chi connectivity index (χ0) is 21.1. The van der Waals surface area contributed by atoms with E-state index >= 15 is 0 Å². The molecule has 0 aliphatic heterocycles. The number of phenolic OH excluding ortho intramolecular Hbond substituents is 1. The Labute approximate surface area is 183 Å². The summed E-state index contributed by atoms with van der Waals surface area (Å²) in [6.07, 6.45) is 3.53. The molecule has 4 aromatic rings. The molecule has 0 spiro atoms. The minimum Gasteiger partial charge on any atom is -0.507 e. The zero-order valence-electron chi connectivity index (χ0n) is 15.7. The number of nitrogens with zero attached hydrogens (tertiary/aromatic N) is 2. The highest BCUT2D eigenvalue weighted by Gasteiger charge is 2.11. The fourth-order valence-electron chi connectivity index (χ4n) is 3.23. The van der Waals surface area contributed by atoms with Gasteiger partial charge in [0.1, 0.15) is 5.75 Å². The number of amides is 1. The number of benzene rings is 3. The summed E-state index contributed by atoms with van der Waals surface area (Å²) in [6, 6.07) is 19.6. The first-order chi connectivity index (χ1) is 14.5. The van der Waals surface area contributed by atoms with Gasteiger partial charge in [0.05, 0.1) is 11.8 Å². The van der Waals surface area contributed by atoms with Crippen molar-refractivity contribution in [1.82, 2.24) is 9.99 Å². The molecule has 5 nitrogen and oxygen atoms in total. The van der Waals surface area contributed by atoms with Crippen LogP contribution in [0.2, 0.25) is 10.0 Å². The minimum absolute atomic E-state index is 0.0957. The van der Waals surface area contributed by atoms with Crippen LogP contribution in [0.4, 0.5) is 0 Å². The third-order valence-electron chi connectivity index (χ3n) is 4.69. The number of carbonyl (C=O) groups is 1. The lowest BCUT2D eigenvalue weighted by atomic mass is 10.2. The van der Waals surface area contributed by atoms with Crippen LogP contribution in [0, 0.1) is 0 Å². The lowest BCUT2D eigenvalue weighted by molar-refractivity contribution is 0.0952. The molecule has 0 saturated heterocycles. The van der Waals surface area contributed by atoms with E-state index in [9.17, 15) is 9.90 Å². The van der Waals surface area contributed by atoms with Crippen LogP contribution in [-0.4, -0.2) is 21.8 Å². The van der Waals surface area contributed by atoms with Crippen LogP contribution in [0.15, 0.2) is 78.0 Å². The van der Waals surface area contributed by atoms with Gasteiger partial charge in [-0.2, -0.15) is 5.10 Å². The highest BCUT2D eigenvalue weighted by atomic mass is 35.5. The summed E-state index contributed by atoms with van der Waals surface area (Å²) in [6.45, 7) is 0.564. The van der Waals surface area contributed by atoms with Crippen molar-refractivity contribution >= 4 is 46.2 Å². The first-order valence-corrected chi connectivity index (χ1v) is 9.92. The summed E-state index contributed by atoms with van der Waals surface area (Å²) in [4.78, 5) is 12.2. The topological polar surface area (TPSA) is 66.6 Å². The summed E-state index contributed by atoms with van der Waals surface area (Å²) < 4.78 is 2.07. The number of hydrogen-bond acceptors (Lipinski definition) is 3. The van der Waals surface area contributed by atoms with E-state index in [0.717, 1.165) is 22.0 Å². The molecule has 0 fully saturated rings. The van der Waals surface area contributed by atoms with Gasteiger partial charge in [0.25, 0.3) is 5.91 Å². The molecule has 0 bridgehead atoms. The van der Waals surface area contributed by atoms with Crippen molar-refractivity contribution in [3.05, 3.63) is 99.7 Å². The minimum atomic E-state index is -0.485. The van der Waals surface area contributed by atoms with E-state index in [2.05, 4.69) is 15.1 Å². The first-order valence-electron chi connectivity index (χ1n) is 9.16. The van der Waals surface area contributed by atoms with Crippen LogP contribution in [0.5, 0.6) is 5.75 Å². The van der Waals surface area contributed by atoms with Gasteiger partial charge in [-0.25, -0.2) is 5.43 Å². The molecular weight excluding hydrogens is 421 g/mol. The van der Waals surface area contributed by atoms with Gasteiger partial charge < -0.3 is 9.67 Å². The fraction of sp³-hybridized carbons (Fsp3) is 0.0435.